The van der Waals surface area contributed by atoms with E-state index in [2.05, 4.69) is 37.3 Å². The molecule has 23 heavy (non-hydrogen) atoms. The van der Waals surface area contributed by atoms with E-state index >= 15 is 0 Å². The fourth-order valence-electron chi connectivity index (χ4n) is 4.83. The van der Waals surface area contributed by atoms with Crippen LogP contribution in [0, 0.1) is 29.1 Å². The molecule has 0 heterocycles. The molecule has 3 rings (SSSR count). The first kappa shape index (κ1) is 16.3. The second-order valence-corrected chi connectivity index (χ2v) is 7.55. The van der Waals surface area contributed by atoms with E-state index in [9.17, 15) is 0 Å². The molecule has 0 aliphatic heterocycles. The molecule has 2 saturated carbocycles. The smallest absolute Gasteiger partial charge is 0.0991 e. The Morgan fingerprint density at radius 1 is 0.870 bits per heavy atom. The molecule has 0 aromatic heterocycles. The summed E-state index contributed by atoms with van der Waals surface area (Å²) in [6.07, 6.45) is 15.8. The Bertz CT molecular complexity index is 547. The van der Waals surface area contributed by atoms with Crippen LogP contribution in [0.3, 0.4) is 0 Å². The summed E-state index contributed by atoms with van der Waals surface area (Å²) >= 11 is 0. The predicted octanol–water partition coefficient (Wildman–Crippen LogP) is 6.21. The van der Waals surface area contributed by atoms with Gasteiger partial charge < -0.3 is 0 Å². The Hall–Kier alpha value is -1.55. The summed E-state index contributed by atoms with van der Waals surface area (Å²) in [5.41, 5.74) is 2.22. The molecule has 2 aliphatic rings. The topological polar surface area (TPSA) is 23.8 Å². The first-order chi connectivity index (χ1) is 11.3. The van der Waals surface area contributed by atoms with Crippen molar-refractivity contribution in [3.8, 4) is 6.07 Å². The SMILES string of the molecule is C/C=C/[C@H]1CC[C@H](C2CCC(c3ccc(C#N)cc3)CC2)CC1. The van der Waals surface area contributed by atoms with Crippen molar-refractivity contribution in [3.05, 3.63) is 47.5 Å². The van der Waals surface area contributed by atoms with Gasteiger partial charge in [-0.3, -0.25) is 0 Å². The Morgan fingerprint density at radius 2 is 1.43 bits per heavy atom. The summed E-state index contributed by atoms with van der Waals surface area (Å²) in [7, 11) is 0. The minimum Gasteiger partial charge on any atom is -0.192 e. The van der Waals surface area contributed by atoms with Crippen molar-refractivity contribution in [2.24, 2.45) is 17.8 Å². The number of allylic oxidation sites excluding steroid dienone is 2. The highest BCUT2D eigenvalue weighted by Crippen LogP contribution is 2.44. The van der Waals surface area contributed by atoms with Crippen molar-refractivity contribution in [2.45, 2.75) is 64.2 Å². The molecule has 0 N–H and O–H groups in total. The van der Waals surface area contributed by atoms with E-state index in [1.165, 1.54) is 56.9 Å². The van der Waals surface area contributed by atoms with Gasteiger partial charge in [0.1, 0.15) is 0 Å². The van der Waals surface area contributed by atoms with Crippen molar-refractivity contribution in [1.82, 2.24) is 0 Å². The second kappa shape index (κ2) is 7.82. The van der Waals surface area contributed by atoms with Gasteiger partial charge in [-0.15, -0.1) is 0 Å². The molecule has 1 aromatic rings. The Morgan fingerprint density at radius 3 is 1.96 bits per heavy atom. The number of nitriles is 1. The lowest BCUT2D eigenvalue weighted by molar-refractivity contribution is 0.171. The Balaban J connectivity index is 1.49. The number of benzene rings is 1. The minimum atomic E-state index is 0.721. The van der Waals surface area contributed by atoms with Crippen LogP contribution in [0.1, 0.15) is 75.3 Å². The first-order valence-corrected chi connectivity index (χ1v) is 9.43. The highest BCUT2D eigenvalue weighted by Gasteiger charge is 2.30. The summed E-state index contributed by atoms with van der Waals surface area (Å²) in [6.45, 7) is 2.15. The maximum Gasteiger partial charge on any atom is 0.0991 e. The van der Waals surface area contributed by atoms with Crippen molar-refractivity contribution in [3.63, 3.8) is 0 Å². The van der Waals surface area contributed by atoms with Crippen molar-refractivity contribution in [1.29, 1.82) is 5.26 Å². The summed E-state index contributed by atoms with van der Waals surface area (Å²) in [5.74, 6) is 3.53. The molecular weight excluding hydrogens is 278 g/mol. The van der Waals surface area contributed by atoms with Crippen LogP contribution in [0.2, 0.25) is 0 Å². The Kier molecular flexibility index (Phi) is 5.55. The van der Waals surface area contributed by atoms with E-state index in [4.69, 9.17) is 5.26 Å². The van der Waals surface area contributed by atoms with Crippen LogP contribution in [0.25, 0.3) is 0 Å². The molecular formula is C22H29N. The third kappa shape index (κ3) is 4.05. The van der Waals surface area contributed by atoms with Gasteiger partial charge in [-0.1, -0.05) is 24.3 Å². The third-order valence-electron chi connectivity index (χ3n) is 6.23. The molecule has 0 radical (unpaired) electrons. The Labute approximate surface area is 141 Å². The van der Waals surface area contributed by atoms with Crippen molar-refractivity contribution in [2.75, 3.05) is 0 Å². The number of hydrogen-bond acceptors (Lipinski definition) is 1. The van der Waals surface area contributed by atoms with Gasteiger partial charge in [-0.2, -0.15) is 5.26 Å². The maximum absolute atomic E-state index is 8.92. The highest BCUT2D eigenvalue weighted by molar-refractivity contribution is 5.33. The van der Waals surface area contributed by atoms with Gasteiger partial charge >= 0.3 is 0 Å². The van der Waals surface area contributed by atoms with Crippen LogP contribution >= 0.6 is 0 Å². The number of hydrogen-bond donors (Lipinski definition) is 0. The van der Waals surface area contributed by atoms with Gasteiger partial charge in [0.05, 0.1) is 11.6 Å². The van der Waals surface area contributed by atoms with Gasteiger partial charge in [0.15, 0.2) is 0 Å². The van der Waals surface area contributed by atoms with E-state index in [0.717, 1.165) is 29.2 Å². The van der Waals surface area contributed by atoms with Crippen molar-refractivity contribution < 1.29 is 0 Å². The first-order valence-electron chi connectivity index (χ1n) is 9.43. The minimum absolute atomic E-state index is 0.721. The van der Waals surface area contributed by atoms with E-state index < -0.39 is 0 Å². The zero-order valence-electron chi connectivity index (χ0n) is 14.4. The lowest BCUT2D eigenvalue weighted by Gasteiger charge is -2.37. The fraction of sp³-hybridized carbons (Fsp3) is 0.591. The summed E-state index contributed by atoms with van der Waals surface area (Å²) < 4.78 is 0. The lowest BCUT2D eigenvalue weighted by atomic mass is 9.68. The van der Waals surface area contributed by atoms with Crippen LogP contribution in [-0.2, 0) is 0 Å². The van der Waals surface area contributed by atoms with Gasteiger partial charge in [0, 0.05) is 0 Å². The van der Waals surface area contributed by atoms with Crippen LogP contribution in [0.5, 0.6) is 0 Å². The van der Waals surface area contributed by atoms with Gasteiger partial charge in [-0.05, 0) is 99.7 Å². The summed E-state index contributed by atoms with van der Waals surface area (Å²) in [6, 6.07) is 10.5. The van der Waals surface area contributed by atoms with Crippen LogP contribution in [0.4, 0.5) is 0 Å². The molecule has 0 amide bonds. The fourth-order valence-corrected chi connectivity index (χ4v) is 4.83. The molecule has 122 valence electrons. The molecule has 0 unspecified atom stereocenters. The van der Waals surface area contributed by atoms with Crippen molar-refractivity contribution >= 4 is 0 Å². The van der Waals surface area contributed by atoms with Gasteiger partial charge in [-0.25, -0.2) is 0 Å². The molecule has 1 nitrogen and oxygen atoms in total. The lowest BCUT2D eigenvalue weighted by Crippen LogP contribution is -2.25. The number of rotatable bonds is 3. The average Bonchev–Trinajstić information content (AvgIpc) is 2.63. The maximum atomic E-state index is 8.92. The highest BCUT2D eigenvalue weighted by atomic mass is 14.4. The zero-order chi connectivity index (χ0) is 16.1. The van der Waals surface area contributed by atoms with Crippen LogP contribution in [-0.4, -0.2) is 0 Å². The molecule has 0 atom stereocenters. The molecule has 2 fully saturated rings. The summed E-state index contributed by atoms with van der Waals surface area (Å²) in [5, 5.41) is 8.92. The number of nitrogens with zero attached hydrogens (tertiary/aromatic N) is 1. The van der Waals surface area contributed by atoms with Gasteiger partial charge in [0.25, 0.3) is 0 Å². The summed E-state index contributed by atoms with van der Waals surface area (Å²) in [4.78, 5) is 0. The van der Waals surface area contributed by atoms with E-state index in [1.807, 2.05) is 12.1 Å². The molecule has 0 bridgehead atoms. The van der Waals surface area contributed by atoms with E-state index in [-0.39, 0.29) is 0 Å². The molecule has 0 saturated heterocycles. The molecule has 0 spiro atoms. The predicted molar refractivity (Wildman–Crippen MR) is 96.1 cm³/mol. The van der Waals surface area contributed by atoms with E-state index in [1.54, 1.807) is 0 Å². The standard InChI is InChI=1S/C22H29N/c1-2-3-17-4-8-19(9-5-17)21-12-14-22(15-13-21)20-10-6-18(16-23)7-11-20/h2-3,6-7,10-11,17,19,21-22H,4-5,8-9,12-15H2,1H3/b3-2+/t17-,19-,21?,22?. The molecule has 1 heteroatoms. The monoisotopic (exact) mass is 307 g/mol. The van der Waals surface area contributed by atoms with Gasteiger partial charge in [0.2, 0.25) is 0 Å². The average molecular weight is 307 g/mol. The third-order valence-corrected chi connectivity index (χ3v) is 6.23. The second-order valence-electron chi connectivity index (χ2n) is 7.55. The quantitative estimate of drug-likeness (QED) is 0.608. The largest absolute Gasteiger partial charge is 0.192 e. The van der Waals surface area contributed by atoms with Crippen LogP contribution in [0.15, 0.2) is 36.4 Å². The molecule has 2 aliphatic carbocycles. The zero-order valence-corrected chi connectivity index (χ0v) is 14.4. The normalized spacial score (nSPS) is 31.8. The molecule has 1 aromatic carbocycles. The van der Waals surface area contributed by atoms with Crippen LogP contribution < -0.4 is 0 Å². The van der Waals surface area contributed by atoms with E-state index in [0.29, 0.717) is 0 Å².